The number of carbonyl (C=O) groups excluding carboxylic acids is 3. The van der Waals surface area contributed by atoms with Crippen LogP contribution in [0.2, 0.25) is 0 Å². The molecule has 2 rings (SSSR count). The van der Waals surface area contributed by atoms with Crippen molar-refractivity contribution >= 4 is 23.5 Å². The van der Waals surface area contributed by atoms with E-state index in [9.17, 15) is 14.4 Å². The molecule has 0 bridgehead atoms. The molecule has 2 N–H and O–H groups in total. The fraction of sp³-hybridized carbons (Fsp3) is 0.250. The van der Waals surface area contributed by atoms with Crippen molar-refractivity contribution in [1.82, 2.24) is 5.32 Å². The lowest BCUT2D eigenvalue weighted by Gasteiger charge is -2.09. The van der Waals surface area contributed by atoms with Crippen LogP contribution >= 0.6 is 0 Å². The average molecular weight is 370 g/mol. The minimum absolute atomic E-state index is 0.316. The summed E-state index contributed by atoms with van der Waals surface area (Å²) >= 11 is 0. The van der Waals surface area contributed by atoms with Crippen molar-refractivity contribution in [3.05, 3.63) is 59.7 Å². The predicted molar refractivity (Wildman–Crippen MR) is 101 cm³/mol. The molecule has 27 heavy (non-hydrogen) atoms. The Morgan fingerprint density at radius 3 is 2.44 bits per heavy atom. The lowest BCUT2D eigenvalue weighted by Crippen LogP contribution is -2.32. The van der Waals surface area contributed by atoms with E-state index in [1.165, 1.54) is 0 Å². The second-order valence-corrected chi connectivity index (χ2v) is 5.72. The van der Waals surface area contributed by atoms with Gasteiger partial charge in [-0.1, -0.05) is 17.7 Å². The van der Waals surface area contributed by atoms with Crippen LogP contribution in [0.5, 0.6) is 5.75 Å². The molecule has 2 amide bonds. The highest BCUT2D eigenvalue weighted by Gasteiger charge is 2.11. The summed E-state index contributed by atoms with van der Waals surface area (Å²) < 4.78 is 10.2. The number of hydrogen-bond acceptors (Lipinski definition) is 5. The summed E-state index contributed by atoms with van der Waals surface area (Å²) in [6.45, 7) is 3.55. The monoisotopic (exact) mass is 370 g/mol. The van der Waals surface area contributed by atoms with Crippen LogP contribution in [-0.4, -0.2) is 37.5 Å². The number of rotatable bonds is 8. The third-order valence-corrected chi connectivity index (χ3v) is 3.49. The van der Waals surface area contributed by atoms with Crippen LogP contribution in [0.25, 0.3) is 0 Å². The van der Waals surface area contributed by atoms with Crippen molar-refractivity contribution in [2.75, 3.05) is 25.1 Å². The highest BCUT2D eigenvalue weighted by molar-refractivity contribution is 5.96. The van der Waals surface area contributed by atoms with E-state index in [1.807, 2.05) is 19.9 Å². The van der Waals surface area contributed by atoms with Crippen molar-refractivity contribution in [3.63, 3.8) is 0 Å². The van der Waals surface area contributed by atoms with Gasteiger partial charge in [0.2, 0.25) is 0 Å². The van der Waals surface area contributed by atoms with Gasteiger partial charge in [0.1, 0.15) is 12.3 Å². The van der Waals surface area contributed by atoms with Crippen molar-refractivity contribution < 1.29 is 23.9 Å². The summed E-state index contributed by atoms with van der Waals surface area (Å²) in [5.74, 6) is -0.851. The quantitative estimate of drug-likeness (QED) is 0.696. The molecule has 0 aliphatic carbocycles. The summed E-state index contributed by atoms with van der Waals surface area (Å²) in [6, 6.07) is 13.8. The number of ether oxygens (including phenoxy) is 2. The molecule has 0 aliphatic rings. The van der Waals surface area contributed by atoms with Crippen LogP contribution in [0.4, 0.5) is 5.69 Å². The average Bonchev–Trinajstić information content (AvgIpc) is 2.66. The lowest BCUT2D eigenvalue weighted by molar-refractivity contribution is -0.146. The number of amides is 2. The number of benzene rings is 2. The number of carbonyl (C=O) groups is 3. The zero-order valence-corrected chi connectivity index (χ0v) is 15.3. The zero-order valence-electron chi connectivity index (χ0n) is 15.3. The molecule has 0 aromatic heterocycles. The van der Waals surface area contributed by atoms with Crippen LogP contribution in [-0.2, 0) is 14.3 Å². The van der Waals surface area contributed by atoms with Gasteiger partial charge >= 0.3 is 5.97 Å². The first-order chi connectivity index (χ1) is 13.0. The van der Waals surface area contributed by atoms with Crippen LogP contribution in [0.1, 0.15) is 22.8 Å². The van der Waals surface area contributed by atoms with Crippen LogP contribution < -0.4 is 15.4 Å². The first kappa shape index (κ1) is 20.0. The third-order valence-electron chi connectivity index (χ3n) is 3.49. The molecule has 7 nitrogen and oxygen atoms in total. The van der Waals surface area contributed by atoms with Gasteiger partial charge in [-0.05, 0) is 50.2 Å². The maximum Gasteiger partial charge on any atom is 0.325 e. The van der Waals surface area contributed by atoms with Gasteiger partial charge in [0.05, 0.1) is 6.61 Å². The molecule has 0 spiro atoms. The second kappa shape index (κ2) is 9.96. The van der Waals surface area contributed by atoms with E-state index >= 15 is 0 Å². The minimum atomic E-state index is -0.696. The van der Waals surface area contributed by atoms with E-state index in [0.717, 1.165) is 5.56 Å². The molecule has 2 aromatic carbocycles. The molecule has 0 radical (unpaired) electrons. The van der Waals surface area contributed by atoms with Gasteiger partial charge in [0.25, 0.3) is 11.8 Å². The number of hydrogen-bond donors (Lipinski definition) is 2. The fourth-order valence-corrected chi connectivity index (χ4v) is 2.24. The maximum absolute atomic E-state index is 11.9. The van der Waals surface area contributed by atoms with Crippen LogP contribution in [0.15, 0.2) is 48.5 Å². The minimum Gasteiger partial charge on any atom is -0.494 e. The molecule has 0 atom stereocenters. The molecule has 0 unspecified atom stereocenters. The largest absolute Gasteiger partial charge is 0.494 e. The number of anilines is 1. The molecule has 0 saturated carbocycles. The van der Waals surface area contributed by atoms with Gasteiger partial charge in [0.15, 0.2) is 6.61 Å². The van der Waals surface area contributed by atoms with Crippen molar-refractivity contribution in [1.29, 1.82) is 0 Å². The Balaban J connectivity index is 1.71. The van der Waals surface area contributed by atoms with E-state index in [4.69, 9.17) is 9.47 Å². The summed E-state index contributed by atoms with van der Waals surface area (Å²) in [5, 5.41) is 5.06. The summed E-state index contributed by atoms with van der Waals surface area (Å²) in [4.78, 5) is 35.4. The van der Waals surface area contributed by atoms with E-state index in [-0.39, 0.29) is 12.5 Å². The maximum atomic E-state index is 11.9. The van der Waals surface area contributed by atoms with Crippen LogP contribution in [0, 0.1) is 6.92 Å². The first-order valence-electron chi connectivity index (χ1n) is 8.51. The molecule has 0 aliphatic heterocycles. The fourth-order valence-electron chi connectivity index (χ4n) is 2.24. The Morgan fingerprint density at radius 2 is 1.78 bits per heavy atom. The number of aryl methyl sites for hydroxylation is 1. The molecule has 0 fully saturated rings. The summed E-state index contributed by atoms with van der Waals surface area (Å²) in [6.07, 6.45) is 0. The van der Waals surface area contributed by atoms with Gasteiger partial charge in [-0.25, -0.2) is 0 Å². The second-order valence-electron chi connectivity index (χ2n) is 5.72. The van der Waals surface area contributed by atoms with Gasteiger partial charge in [-0.2, -0.15) is 0 Å². The van der Waals surface area contributed by atoms with Crippen molar-refractivity contribution in [2.24, 2.45) is 0 Å². The van der Waals surface area contributed by atoms with E-state index in [1.54, 1.807) is 42.5 Å². The van der Waals surface area contributed by atoms with Gasteiger partial charge in [-0.3, -0.25) is 14.4 Å². The normalized spacial score (nSPS) is 10.0. The highest BCUT2D eigenvalue weighted by atomic mass is 16.5. The molecule has 7 heteroatoms. The Labute approximate surface area is 157 Å². The molecule has 0 heterocycles. The molecule has 142 valence electrons. The van der Waals surface area contributed by atoms with E-state index in [0.29, 0.717) is 23.6 Å². The van der Waals surface area contributed by atoms with Gasteiger partial charge in [-0.15, -0.1) is 0 Å². The smallest absolute Gasteiger partial charge is 0.325 e. The Bertz CT molecular complexity index is 802. The van der Waals surface area contributed by atoms with Crippen molar-refractivity contribution in [2.45, 2.75) is 13.8 Å². The standard InChI is InChI=1S/C20H22N2O5/c1-3-26-17-9-7-16(8-10-17)22-18(23)13-27-19(24)12-21-20(25)15-6-4-5-14(2)11-15/h4-11H,3,12-13H2,1-2H3,(H,21,25)(H,22,23). The third kappa shape index (κ3) is 6.81. The summed E-state index contributed by atoms with van der Waals surface area (Å²) in [7, 11) is 0. The first-order valence-corrected chi connectivity index (χ1v) is 8.51. The van der Waals surface area contributed by atoms with E-state index in [2.05, 4.69) is 10.6 Å². The van der Waals surface area contributed by atoms with Gasteiger partial charge in [0, 0.05) is 11.3 Å². The molecular formula is C20H22N2O5. The highest BCUT2D eigenvalue weighted by Crippen LogP contribution is 2.15. The van der Waals surface area contributed by atoms with E-state index < -0.39 is 18.5 Å². The van der Waals surface area contributed by atoms with Crippen LogP contribution in [0.3, 0.4) is 0 Å². The SMILES string of the molecule is CCOc1ccc(NC(=O)COC(=O)CNC(=O)c2cccc(C)c2)cc1. The lowest BCUT2D eigenvalue weighted by atomic mass is 10.1. The Kier molecular flexibility index (Phi) is 7.37. The summed E-state index contributed by atoms with van der Waals surface area (Å²) in [5.41, 5.74) is 1.96. The zero-order chi connectivity index (χ0) is 19.6. The topological polar surface area (TPSA) is 93.7 Å². The predicted octanol–water partition coefficient (Wildman–Crippen LogP) is 2.31. The molecule has 0 saturated heterocycles. The Hall–Kier alpha value is -3.35. The van der Waals surface area contributed by atoms with Gasteiger partial charge < -0.3 is 20.1 Å². The Morgan fingerprint density at radius 1 is 1.04 bits per heavy atom. The molecule has 2 aromatic rings. The van der Waals surface area contributed by atoms with Crippen molar-refractivity contribution in [3.8, 4) is 5.75 Å². The number of nitrogens with one attached hydrogen (secondary N) is 2. The molecular weight excluding hydrogens is 348 g/mol. The number of esters is 1.